The molecule has 2 rings (SSSR count). The van der Waals surface area contributed by atoms with Crippen molar-refractivity contribution < 1.29 is 28.9 Å². The Bertz CT molecular complexity index is 586. The number of carboxylic acids is 1. The van der Waals surface area contributed by atoms with Crippen LogP contribution >= 0.6 is 0 Å². The van der Waals surface area contributed by atoms with Gasteiger partial charge in [0.25, 0.3) is 5.91 Å². The van der Waals surface area contributed by atoms with Gasteiger partial charge in [-0.2, -0.15) is 0 Å². The Balaban J connectivity index is 2.26. The quantitative estimate of drug-likeness (QED) is 0.882. The lowest BCUT2D eigenvalue weighted by molar-refractivity contribution is -0.147. The van der Waals surface area contributed by atoms with Crippen LogP contribution in [0, 0.1) is 0 Å². The van der Waals surface area contributed by atoms with Crippen molar-refractivity contribution in [3.8, 4) is 11.5 Å². The average Bonchev–Trinajstić information content (AvgIpc) is 2.54. The molecule has 1 aromatic carbocycles. The van der Waals surface area contributed by atoms with Gasteiger partial charge in [0.2, 0.25) is 0 Å². The molecule has 0 saturated carbocycles. The maximum Gasteiger partial charge on any atom is 0.328 e. The molecule has 1 fully saturated rings. The second-order valence-electron chi connectivity index (χ2n) is 5.46. The van der Waals surface area contributed by atoms with Crippen molar-refractivity contribution in [2.75, 3.05) is 26.9 Å². The van der Waals surface area contributed by atoms with E-state index >= 15 is 0 Å². The van der Waals surface area contributed by atoms with E-state index in [0.717, 1.165) is 0 Å². The molecule has 1 aliphatic heterocycles. The van der Waals surface area contributed by atoms with Crippen LogP contribution < -0.4 is 9.47 Å². The Morgan fingerprint density at radius 1 is 1.35 bits per heavy atom. The predicted octanol–water partition coefficient (Wildman–Crippen LogP) is 1.41. The van der Waals surface area contributed by atoms with Gasteiger partial charge in [-0.15, -0.1) is 0 Å². The van der Waals surface area contributed by atoms with E-state index in [1.54, 1.807) is 18.2 Å². The number of carboxylic acid groups (broad SMARTS) is 1. The van der Waals surface area contributed by atoms with Crippen LogP contribution in [0.5, 0.6) is 11.5 Å². The van der Waals surface area contributed by atoms with Gasteiger partial charge in [-0.25, -0.2) is 4.79 Å². The molecule has 7 nitrogen and oxygen atoms in total. The van der Waals surface area contributed by atoms with Crippen molar-refractivity contribution in [1.29, 1.82) is 0 Å². The zero-order valence-electron chi connectivity index (χ0n) is 13.4. The highest BCUT2D eigenvalue weighted by atomic mass is 16.5. The third-order valence-corrected chi connectivity index (χ3v) is 3.45. The minimum absolute atomic E-state index is 0.00719. The maximum atomic E-state index is 12.6. The van der Waals surface area contributed by atoms with Crippen LogP contribution in [0.1, 0.15) is 24.2 Å². The zero-order valence-corrected chi connectivity index (χ0v) is 13.4. The minimum Gasteiger partial charge on any atom is -0.493 e. The molecule has 1 amide bonds. The normalized spacial score (nSPS) is 17.9. The van der Waals surface area contributed by atoms with Crippen LogP contribution in [0.25, 0.3) is 0 Å². The fourth-order valence-electron chi connectivity index (χ4n) is 2.37. The summed E-state index contributed by atoms with van der Waals surface area (Å²) in [6, 6.07) is 3.85. The Morgan fingerprint density at radius 3 is 2.70 bits per heavy atom. The highest BCUT2D eigenvalue weighted by molar-refractivity contribution is 5.97. The van der Waals surface area contributed by atoms with E-state index in [1.807, 2.05) is 13.8 Å². The van der Waals surface area contributed by atoms with E-state index < -0.39 is 12.0 Å². The van der Waals surface area contributed by atoms with Gasteiger partial charge in [-0.3, -0.25) is 4.79 Å². The van der Waals surface area contributed by atoms with Crippen LogP contribution in [0.4, 0.5) is 0 Å². The van der Waals surface area contributed by atoms with Crippen molar-refractivity contribution in [2.24, 2.45) is 0 Å². The minimum atomic E-state index is -1.08. The van der Waals surface area contributed by atoms with E-state index in [1.165, 1.54) is 12.0 Å². The number of ether oxygens (including phenoxy) is 3. The molecule has 126 valence electrons. The van der Waals surface area contributed by atoms with Gasteiger partial charge in [0.1, 0.15) is 0 Å². The van der Waals surface area contributed by atoms with Crippen molar-refractivity contribution in [1.82, 2.24) is 4.90 Å². The summed E-state index contributed by atoms with van der Waals surface area (Å²) in [5, 5.41) is 9.23. The lowest BCUT2D eigenvalue weighted by atomic mass is 10.1. The van der Waals surface area contributed by atoms with Gasteiger partial charge in [0.15, 0.2) is 17.5 Å². The van der Waals surface area contributed by atoms with Gasteiger partial charge in [-0.05, 0) is 32.0 Å². The molecule has 1 heterocycles. The summed E-state index contributed by atoms with van der Waals surface area (Å²) in [4.78, 5) is 25.2. The molecule has 1 aromatic rings. The van der Waals surface area contributed by atoms with Gasteiger partial charge < -0.3 is 24.2 Å². The molecule has 23 heavy (non-hydrogen) atoms. The summed E-state index contributed by atoms with van der Waals surface area (Å²) in [5.41, 5.74) is 0.353. The zero-order chi connectivity index (χ0) is 17.0. The predicted molar refractivity (Wildman–Crippen MR) is 82.0 cm³/mol. The van der Waals surface area contributed by atoms with Crippen molar-refractivity contribution >= 4 is 11.9 Å². The Kier molecular flexibility index (Phi) is 5.44. The van der Waals surface area contributed by atoms with E-state index in [0.29, 0.717) is 23.7 Å². The van der Waals surface area contributed by atoms with Crippen molar-refractivity contribution in [2.45, 2.75) is 26.0 Å². The molecule has 1 saturated heterocycles. The Morgan fingerprint density at radius 2 is 2.09 bits per heavy atom. The van der Waals surface area contributed by atoms with E-state index in [-0.39, 0.29) is 25.2 Å². The monoisotopic (exact) mass is 323 g/mol. The summed E-state index contributed by atoms with van der Waals surface area (Å²) < 4.78 is 16.0. The second kappa shape index (κ2) is 7.32. The number of benzene rings is 1. The highest BCUT2D eigenvalue weighted by Gasteiger charge is 2.33. The van der Waals surface area contributed by atoms with Gasteiger partial charge in [-0.1, -0.05) is 0 Å². The third-order valence-electron chi connectivity index (χ3n) is 3.45. The number of carbonyl (C=O) groups excluding carboxylic acids is 1. The van der Waals surface area contributed by atoms with Gasteiger partial charge >= 0.3 is 5.97 Å². The number of rotatable bonds is 5. The number of aliphatic carboxylic acids is 1. The summed E-state index contributed by atoms with van der Waals surface area (Å²) in [7, 11) is 1.49. The van der Waals surface area contributed by atoms with Crippen LogP contribution in [0.3, 0.4) is 0 Å². The number of hydrogen-bond acceptors (Lipinski definition) is 5. The second-order valence-corrected chi connectivity index (χ2v) is 5.46. The summed E-state index contributed by atoms with van der Waals surface area (Å²) >= 11 is 0. The van der Waals surface area contributed by atoms with Gasteiger partial charge in [0.05, 0.1) is 26.4 Å². The lowest BCUT2D eigenvalue weighted by Gasteiger charge is -2.33. The molecule has 7 heteroatoms. The first-order valence-electron chi connectivity index (χ1n) is 7.40. The topological polar surface area (TPSA) is 85.3 Å². The smallest absolute Gasteiger partial charge is 0.328 e. The molecule has 0 aromatic heterocycles. The molecule has 1 aliphatic rings. The average molecular weight is 323 g/mol. The fourth-order valence-corrected chi connectivity index (χ4v) is 2.37. The summed E-state index contributed by atoms with van der Waals surface area (Å²) in [5.74, 6) is -0.472. The number of carbonyl (C=O) groups is 2. The number of morpholine rings is 1. The number of amides is 1. The van der Waals surface area contributed by atoms with Crippen LogP contribution in [0.2, 0.25) is 0 Å². The van der Waals surface area contributed by atoms with Crippen molar-refractivity contribution in [3.05, 3.63) is 23.8 Å². The van der Waals surface area contributed by atoms with E-state index in [2.05, 4.69) is 0 Å². The molecule has 1 N–H and O–H groups in total. The number of methoxy groups -OCH3 is 1. The molecule has 0 bridgehead atoms. The first-order valence-corrected chi connectivity index (χ1v) is 7.40. The van der Waals surface area contributed by atoms with Crippen molar-refractivity contribution in [3.63, 3.8) is 0 Å². The fraction of sp³-hybridized carbons (Fsp3) is 0.500. The molecular weight excluding hydrogens is 302 g/mol. The SMILES string of the molecule is COc1cc(C(=O)N2CCOC[C@@H]2C(=O)O)ccc1OC(C)C. The molecule has 0 radical (unpaired) electrons. The standard InChI is InChI=1S/C16H21NO6/c1-10(2)23-13-5-4-11(8-14(13)21-3)15(18)17-6-7-22-9-12(17)16(19)20/h4-5,8,10,12H,6-7,9H2,1-3H3,(H,19,20)/t12-/m1/s1. The molecule has 0 aliphatic carbocycles. The number of nitrogens with zero attached hydrogens (tertiary/aromatic N) is 1. The summed E-state index contributed by atoms with van der Waals surface area (Å²) in [6.07, 6.45) is -0.0268. The number of hydrogen-bond donors (Lipinski definition) is 1. The molecule has 1 atom stereocenters. The molecule has 0 unspecified atom stereocenters. The van der Waals surface area contributed by atoms with E-state index in [4.69, 9.17) is 14.2 Å². The van der Waals surface area contributed by atoms with E-state index in [9.17, 15) is 14.7 Å². The van der Waals surface area contributed by atoms with Gasteiger partial charge in [0, 0.05) is 12.1 Å². The maximum absolute atomic E-state index is 12.6. The summed E-state index contributed by atoms with van der Waals surface area (Å²) in [6.45, 7) is 4.34. The first kappa shape index (κ1) is 17.1. The Labute approximate surface area is 134 Å². The molecule has 0 spiro atoms. The Hall–Kier alpha value is -2.28. The highest BCUT2D eigenvalue weighted by Crippen LogP contribution is 2.29. The largest absolute Gasteiger partial charge is 0.493 e. The lowest BCUT2D eigenvalue weighted by Crippen LogP contribution is -2.52. The molecular formula is C16H21NO6. The first-order chi connectivity index (χ1) is 10.9. The van der Waals surface area contributed by atoms with Crippen LogP contribution in [-0.2, 0) is 9.53 Å². The third kappa shape index (κ3) is 3.92. The van der Waals surface area contributed by atoms with Crippen LogP contribution in [0.15, 0.2) is 18.2 Å². The van der Waals surface area contributed by atoms with Crippen LogP contribution in [-0.4, -0.2) is 60.9 Å².